The van der Waals surface area contributed by atoms with Crippen LogP contribution < -0.4 is 11.2 Å². The molecular weight excluding hydrogens is 469 g/mol. The summed E-state index contributed by atoms with van der Waals surface area (Å²) in [6.45, 7) is 2.75. The molecule has 1 aliphatic rings. The van der Waals surface area contributed by atoms with Crippen molar-refractivity contribution < 1.29 is 9.63 Å². The molecule has 11 heteroatoms. The number of aromatic nitrogens is 4. The van der Waals surface area contributed by atoms with Crippen molar-refractivity contribution in [3.8, 4) is 5.75 Å². The minimum atomic E-state index is -0.375. The number of hydrogen-bond acceptors (Lipinski definition) is 7. The predicted octanol–water partition coefficient (Wildman–Crippen LogP) is 3.60. The molecular formula is C22H23Cl2N5O4. The first-order valence-corrected chi connectivity index (χ1v) is 11.5. The average Bonchev–Trinajstić information content (AvgIpc) is 3.39. The fourth-order valence-electron chi connectivity index (χ4n) is 3.74. The highest BCUT2D eigenvalue weighted by atomic mass is 35.5. The summed E-state index contributed by atoms with van der Waals surface area (Å²) in [4.78, 5) is 34.5. The van der Waals surface area contributed by atoms with E-state index in [-0.39, 0.29) is 35.0 Å². The van der Waals surface area contributed by atoms with E-state index in [0.29, 0.717) is 54.1 Å². The fraction of sp³-hybridized carbons (Fsp3) is 0.409. The molecule has 0 bridgehead atoms. The minimum absolute atomic E-state index is 0.0102. The van der Waals surface area contributed by atoms with Crippen molar-refractivity contribution in [2.45, 2.75) is 58.5 Å². The van der Waals surface area contributed by atoms with Crippen LogP contribution in [0.5, 0.6) is 5.75 Å². The Morgan fingerprint density at radius 1 is 1.15 bits per heavy atom. The molecule has 1 N–H and O–H groups in total. The van der Waals surface area contributed by atoms with E-state index in [2.05, 4.69) is 15.1 Å². The molecule has 1 aromatic carbocycles. The summed E-state index contributed by atoms with van der Waals surface area (Å²) in [7, 11) is 0. The molecule has 3 aromatic rings. The lowest BCUT2D eigenvalue weighted by Crippen LogP contribution is -2.41. The van der Waals surface area contributed by atoms with Gasteiger partial charge in [-0.2, -0.15) is 4.98 Å². The number of phenols is 1. The molecule has 0 fully saturated rings. The lowest BCUT2D eigenvalue weighted by molar-refractivity contribution is 0.378. The number of unbranched alkanes of at least 4 members (excludes halogenated alkanes) is 1. The zero-order chi connectivity index (χ0) is 23.5. The van der Waals surface area contributed by atoms with Gasteiger partial charge in [0.15, 0.2) is 5.82 Å². The summed E-state index contributed by atoms with van der Waals surface area (Å²) in [5.74, 6) is 1.30. The van der Waals surface area contributed by atoms with Crippen LogP contribution in [0.4, 0.5) is 5.82 Å². The zero-order valence-corrected chi connectivity index (χ0v) is 19.6. The van der Waals surface area contributed by atoms with Crippen molar-refractivity contribution in [3.05, 3.63) is 66.9 Å². The highest BCUT2D eigenvalue weighted by Crippen LogP contribution is 2.25. The van der Waals surface area contributed by atoms with Crippen LogP contribution in [0.1, 0.15) is 49.0 Å². The van der Waals surface area contributed by atoms with E-state index in [1.165, 1.54) is 10.6 Å². The molecule has 0 saturated heterocycles. The van der Waals surface area contributed by atoms with E-state index in [1.807, 2.05) is 6.92 Å². The second-order valence-corrected chi connectivity index (χ2v) is 8.73. The number of aryl methyl sites for hydroxylation is 1. The third-order valence-electron chi connectivity index (χ3n) is 5.44. The molecule has 2 aromatic heterocycles. The number of hydrogen-bond donors (Lipinski definition) is 1. The van der Waals surface area contributed by atoms with Gasteiger partial charge < -0.3 is 9.63 Å². The van der Waals surface area contributed by atoms with E-state index in [0.717, 1.165) is 18.4 Å². The molecule has 0 unspecified atom stereocenters. The smallest absolute Gasteiger partial charge is 0.332 e. The van der Waals surface area contributed by atoms with Gasteiger partial charge in [0.1, 0.15) is 16.7 Å². The van der Waals surface area contributed by atoms with E-state index >= 15 is 0 Å². The van der Waals surface area contributed by atoms with Gasteiger partial charge >= 0.3 is 5.69 Å². The number of aliphatic imine (C=N–C) groups is 1. The van der Waals surface area contributed by atoms with Gasteiger partial charge in [0.25, 0.3) is 5.56 Å². The number of phenolic OH excluding ortho intramolecular Hbond substituents is 1. The van der Waals surface area contributed by atoms with Crippen molar-refractivity contribution in [3.63, 3.8) is 0 Å². The summed E-state index contributed by atoms with van der Waals surface area (Å²) < 4.78 is 8.09. The summed E-state index contributed by atoms with van der Waals surface area (Å²) in [6.07, 6.45) is 3.26. The Kier molecular flexibility index (Phi) is 6.99. The summed E-state index contributed by atoms with van der Waals surface area (Å²) in [5.41, 5.74) is 0.566. The molecule has 174 valence electrons. The Bertz CT molecular complexity index is 1330. The second kappa shape index (κ2) is 9.93. The maximum atomic E-state index is 13.0. The first-order chi connectivity index (χ1) is 15.9. The predicted molar refractivity (Wildman–Crippen MR) is 125 cm³/mol. The number of nitrogens with zero attached hydrogens (tertiary/aromatic N) is 5. The molecule has 1 aliphatic heterocycles. The van der Waals surface area contributed by atoms with Crippen LogP contribution >= 0.6 is 23.2 Å². The van der Waals surface area contributed by atoms with Gasteiger partial charge in [-0.3, -0.25) is 13.9 Å². The van der Waals surface area contributed by atoms with Gasteiger partial charge in [-0.25, -0.2) is 9.79 Å². The Morgan fingerprint density at radius 3 is 2.70 bits per heavy atom. The maximum Gasteiger partial charge on any atom is 0.332 e. The molecule has 33 heavy (non-hydrogen) atoms. The Balaban J connectivity index is 1.45. The zero-order valence-electron chi connectivity index (χ0n) is 18.1. The lowest BCUT2D eigenvalue weighted by atomic mass is 10.1. The summed E-state index contributed by atoms with van der Waals surface area (Å²) in [5, 5.41) is 14.1. The number of benzene rings is 1. The SMILES string of the molecule is CCCCn1c2c(c(=O)n(CCCc3noc(Cc4ccc(O)c(Cl)c4)n3)c1=O)CC(Cl)=N2. The van der Waals surface area contributed by atoms with Crippen LogP contribution in [-0.4, -0.2) is 29.6 Å². The molecule has 0 spiro atoms. The van der Waals surface area contributed by atoms with Crippen molar-refractivity contribution in [2.24, 2.45) is 4.99 Å². The monoisotopic (exact) mass is 491 g/mol. The number of fused-ring (bicyclic) bond motifs is 1. The molecule has 0 amide bonds. The maximum absolute atomic E-state index is 13.0. The average molecular weight is 492 g/mol. The van der Waals surface area contributed by atoms with Crippen LogP contribution in [0.25, 0.3) is 0 Å². The quantitative estimate of drug-likeness (QED) is 0.488. The molecule has 0 atom stereocenters. The highest BCUT2D eigenvalue weighted by Gasteiger charge is 2.24. The van der Waals surface area contributed by atoms with Gasteiger partial charge in [0.2, 0.25) is 5.89 Å². The number of aromatic hydroxyl groups is 1. The van der Waals surface area contributed by atoms with Gasteiger partial charge in [0.05, 0.1) is 17.0 Å². The van der Waals surface area contributed by atoms with Crippen molar-refractivity contribution >= 4 is 34.2 Å². The first kappa shape index (κ1) is 23.3. The van der Waals surface area contributed by atoms with Crippen LogP contribution in [0.3, 0.4) is 0 Å². The van der Waals surface area contributed by atoms with Crippen LogP contribution in [0, 0.1) is 0 Å². The van der Waals surface area contributed by atoms with Crippen molar-refractivity contribution in [1.82, 2.24) is 19.3 Å². The molecule has 0 radical (unpaired) electrons. The standard InChI is InChI=1S/C22H23Cl2N5O4/c1-2-3-8-28-20-14(12-17(24)25-20)21(31)29(22(28)32)9-4-5-18-26-19(33-27-18)11-13-6-7-16(30)15(23)10-13/h6-7,10,30H,2-5,8-9,11-12H2,1H3. The second-order valence-electron chi connectivity index (χ2n) is 7.88. The minimum Gasteiger partial charge on any atom is -0.506 e. The molecule has 0 aliphatic carbocycles. The first-order valence-electron chi connectivity index (χ1n) is 10.8. The Labute approximate surface area is 199 Å². The van der Waals surface area contributed by atoms with Crippen LogP contribution in [-0.2, 0) is 32.4 Å². The molecule has 3 heterocycles. The third kappa shape index (κ3) is 5.04. The van der Waals surface area contributed by atoms with E-state index in [1.54, 1.807) is 16.7 Å². The summed E-state index contributed by atoms with van der Waals surface area (Å²) >= 11 is 12.0. The largest absolute Gasteiger partial charge is 0.506 e. The number of halogens is 2. The molecule has 9 nitrogen and oxygen atoms in total. The molecule has 0 saturated carbocycles. The van der Waals surface area contributed by atoms with E-state index in [9.17, 15) is 14.7 Å². The normalized spacial score (nSPS) is 12.8. The van der Waals surface area contributed by atoms with Gasteiger partial charge in [-0.1, -0.05) is 47.8 Å². The highest BCUT2D eigenvalue weighted by molar-refractivity contribution is 6.66. The van der Waals surface area contributed by atoms with Gasteiger partial charge in [-0.05, 0) is 30.5 Å². The molecule has 4 rings (SSSR count). The third-order valence-corrected chi connectivity index (χ3v) is 5.96. The van der Waals surface area contributed by atoms with E-state index < -0.39 is 0 Å². The Hall–Kier alpha value is -2.91. The van der Waals surface area contributed by atoms with Crippen molar-refractivity contribution in [2.75, 3.05) is 0 Å². The van der Waals surface area contributed by atoms with Gasteiger partial charge in [-0.15, -0.1) is 0 Å². The topological polar surface area (TPSA) is 116 Å². The van der Waals surface area contributed by atoms with E-state index in [4.69, 9.17) is 27.7 Å². The van der Waals surface area contributed by atoms with Crippen LogP contribution in [0.2, 0.25) is 5.02 Å². The van der Waals surface area contributed by atoms with Gasteiger partial charge in [0, 0.05) is 25.9 Å². The Morgan fingerprint density at radius 2 is 1.94 bits per heavy atom. The number of rotatable bonds is 9. The van der Waals surface area contributed by atoms with Crippen LogP contribution in [0.15, 0.2) is 37.3 Å². The lowest BCUT2D eigenvalue weighted by Gasteiger charge is -2.13. The summed E-state index contributed by atoms with van der Waals surface area (Å²) in [6, 6.07) is 4.88. The van der Waals surface area contributed by atoms with Crippen molar-refractivity contribution in [1.29, 1.82) is 0 Å². The fourth-order valence-corrected chi connectivity index (χ4v) is 4.15.